The number of carboxylic acid groups (broad SMARTS) is 1. The van der Waals surface area contributed by atoms with Crippen LogP contribution in [0.1, 0.15) is 46.8 Å². The molecule has 1 aromatic heterocycles. The van der Waals surface area contributed by atoms with E-state index in [9.17, 15) is 9.90 Å². The van der Waals surface area contributed by atoms with E-state index in [2.05, 4.69) is 24.0 Å². The number of anilines is 1. The van der Waals surface area contributed by atoms with Gasteiger partial charge in [-0.3, -0.25) is 0 Å². The molecule has 4 N–H and O–H groups in total. The van der Waals surface area contributed by atoms with E-state index in [1.54, 1.807) is 12.1 Å². The van der Waals surface area contributed by atoms with Gasteiger partial charge in [0.15, 0.2) is 5.82 Å². The summed E-state index contributed by atoms with van der Waals surface area (Å²) in [6.45, 7) is 2.17. The average Bonchev–Trinajstić information content (AvgIpc) is 3.18. The topological polar surface area (TPSA) is 79.1 Å². The van der Waals surface area contributed by atoms with Gasteiger partial charge in [-0.25, -0.2) is 9.18 Å². The maximum Gasteiger partial charge on any atom is 0.337 e. The number of hydrogen-bond acceptors (Lipinski definition) is 2. The molecule has 5 rings (SSSR count). The van der Waals surface area contributed by atoms with Gasteiger partial charge in [-0.15, -0.1) is 0 Å². The minimum absolute atomic E-state index is 0.110. The predicted molar refractivity (Wildman–Crippen MR) is 127 cm³/mol. The van der Waals surface area contributed by atoms with Gasteiger partial charge in [0.2, 0.25) is 0 Å². The molecule has 0 atom stereocenters. The number of carboxylic acids is 1. The number of nitrogens with two attached hydrogens (primary N) is 1. The van der Waals surface area contributed by atoms with Crippen LogP contribution >= 0.6 is 0 Å². The number of aromatic nitrogens is 1. The lowest BCUT2D eigenvalue weighted by Gasteiger charge is -2.18. The first kappa shape index (κ1) is 20.3. The lowest BCUT2D eigenvalue weighted by atomic mass is 9.87. The predicted octanol–water partition coefficient (Wildman–Crippen LogP) is 6.36. The second-order valence-corrected chi connectivity index (χ2v) is 8.53. The number of nitrogen functional groups attached to an aromatic ring is 1. The molecule has 0 radical (unpaired) electrons. The molecule has 0 aliphatic heterocycles. The zero-order chi connectivity index (χ0) is 22.4. The maximum absolute atomic E-state index is 15.6. The summed E-state index contributed by atoms with van der Waals surface area (Å²) in [7, 11) is 0. The van der Waals surface area contributed by atoms with Crippen molar-refractivity contribution >= 4 is 22.6 Å². The summed E-state index contributed by atoms with van der Waals surface area (Å²) >= 11 is 0. The maximum atomic E-state index is 15.6. The van der Waals surface area contributed by atoms with Crippen molar-refractivity contribution in [2.45, 2.75) is 39.0 Å². The highest BCUT2D eigenvalue weighted by Crippen LogP contribution is 2.41. The van der Waals surface area contributed by atoms with Gasteiger partial charge in [-0.05, 0) is 60.1 Å². The van der Waals surface area contributed by atoms with Crippen LogP contribution in [0.15, 0.2) is 48.5 Å². The molecule has 5 heteroatoms. The van der Waals surface area contributed by atoms with Crippen molar-refractivity contribution in [1.82, 2.24) is 4.98 Å². The molecule has 32 heavy (non-hydrogen) atoms. The minimum Gasteiger partial charge on any atom is -0.478 e. The smallest absolute Gasteiger partial charge is 0.337 e. The number of hydrogen-bond donors (Lipinski definition) is 3. The van der Waals surface area contributed by atoms with E-state index in [1.165, 1.54) is 5.56 Å². The number of benzene rings is 3. The molecule has 4 aromatic rings. The van der Waals surface area contributed by atoms with E-state index in [0.717, 1.165) is 59.0 Å². The van der Waals surface area contributed by atoms with Crippen molar-refractivity contribution in [2.24, 2.45) is 0 Å². The zero-order valence-corrected chi connectivity index (χ0v) is 18.0. The summed E-state index contributed by atoms with van der Waals surface area (Å²) in [6.07, 6.45) is 4.74. The summed E-state index contributed by atoms with van der Waals surface area (Å²) in [6, 6.07) is 15.3. The Balaban J connectivity index is 1.59. The number of unbranched alkanes of at least 4 members (excludes halogenated alkanes) is 1. The third-order valence-electron chi connectivity index (χ3n) is 6.52. The van der Waals surface area contributed by atoms with Crippen molar-refractivity contribution in [3.8, 4) is 22.4 Å². The fourth-order valence-corrected chi connectivity index (χ4v) is 4.77. The fourth-order valence-electron chi connectivity index (χ4n) is 4.77. The van der Waals surface area contributed by atoms with E-state index in [1.807, 2.05) is 24.3 Å². The van der Waals surface area contributed by atoms with Crippen LogP contribution in [0.2, 0.25) is 0 Å². The molecule has 0 saturated heterocycles. The van der Waals surface area contributed by atoms with Crippen LogP contribution in [0.3, 0.4) is 0 Å². The van der Waals surface area contributed by atoms with Crippen LogP contribution in [-0.4, -0.2) is 16.1 Å². The van der Waals surface area contributed by atoms with Crippen LogP contribution in [0.4, 0.5) is 10.1 Å². The van der Waals surface area contributed by atoms with Gasteiger partial charge < -0.3 is 15.8 Å². The third kappa shape index (κ3) is 3.25. The third-order valence-corrected chi connectivity index (χ3v) is 6.52. The Bertz CT molecular complexity index is 1350. The Morgan fingerprint density at radius 1 is 1.09 bits per heavy atom. The van der Waals surface area contributed by atoms with Gasteiger partial charge in [-0.2, -0.15) is 0 Å². The van der Waals surface area contributed by atoms with E-state index in [0.29, 0.717) is 17.5 Å². The molecule has 0 amide bonds. The first-order valence-corrected chi connectivity index (χ1v) is 11.1. The quantitative estimate of drug-likeness (QED) is 0.324. The molecule has 1 heterocycles. The molecular formula is C27H25FN2O2. The minimum atomic E-state index is -1.04. The fraction of sp³-hybridized carbons (Fsp3) is 0.222. The number of fused-ring (bicyclic) bond motifs is 5. The molecule has 0 unspecified atom stereocenters. The SMILES string of the molecule is CCCCc1ccc(-c2ccc3c4c([nH]c3c2F)-c2cc(N)c(C(=O)O)cc2CC4)cc1. The number of carbonyl (C=O) groups is 1. The largest absolute Gasteiger partial charge is 0.478 e. The Kier molecular flexibility index (Phi) is 4.97. The van der Waals surface area contributed by atoms with Gasteiger partial charge in [0.05, 0.1) is 16.8 Å². The van der Waals surface area contributed by atoms with E-state index in [4.69, 9.17) is 5.73 Å². The number of nitrogens with one attached hydrogen (secondary N) is 1. The lowest BCUT2D eigenvalue weighted by molar-refractivity contribution is 0.0698. The molecular weight excluding hydrogens is 403 g/mol. The van der Waals surface area contributed by atoms with Crippen molar-refractivity contribution < 1.29 is 14.3 Å². The van der Waals surface area contributed by atoms with Crippen molar-refractivity contribution in [2.75, 3.05) is 5.73 Å². The molecule has 0 fully saturated rings. The Hall–Kier alpha value is -3.60. The van der Waals surface area contributed by atoms with Gasteiger partial charge in [0.25, 0.3) is 0 Å². The molecule has 0 saturated carbocycles. The molecule has 4 nitrogen and oxygen atoms in total. The van der Waals surface area contributed by atoms with E-state index >= 15 is 4.39 Å². The molecule has 162 valence electrons. The highest BCUT2D eigenvalue weighted by atomic mass is 19.1. The number of aromatic amines is 1. The van der Waals surface area contributed by atoms with Crippen molar-refractivity contribution in [3.05, 3.63) is 76.6 Å². The Morgan fingerprint density at radius 3 is 2.59 bits per heavy atom. The van der Waals surface area contributed by atoms with Crippen molar-refractivity contribution in [1.29, 1.82) is 0 Å². The van der Waals surface area contributed by atoms with Crippen LogP contribution in [0, 0.1) is 5.82 Å². The summed E-state index contributed by atoms with van der Waals surface area (Å²) in [5.74, 6) is -1.31. The molecule has 0 spiro atoms. The first-order valence-electron chi connectivity index (χ1n) is 11.1. The summed E-state index contributed by atoms with van der Waals surface area (Å²) in [4.78, 5) is 14.7. The number of halogens is 1. The Morgan fingerprint density at radius 2 is 1.88 bits per heavy atom. The van der Waals surface area contributed by atoms with Gasteiger partial charge in [-0.1, -0.05) is 49.7 Å². The van der Waals surface area contributed by atoms with Gasteiger partial charge >= 0.3 is 5.97 Å². The van der Waals surface area contributed by atoms with Crippen molar-refractivity contribution in [3.63, 3.8) is 0 Å². The average molecular weight is 429 g/mol. The highest BCUT2D eigenvalue weighted by Gasteiger charge is 2.25. The second-order valence-electron chi connectivity index (χ2n) is 8.53. The normalized spacial score (nSPS) is 12.6. The summed E-state index contributed by atoms with van der Waals surface area (Å²) in [5.41, 5.74) is 13.1. The number of aromatic carboxylic acids is 1. The molecule has 0 bridgehead atoms. The zero-order valence-electron chi connectivity index (χ0n) is 18.0. The highest BCUT2D eigenvalue weighted by molar-refractivity contribution is 5.99. The molecule has 1 aliphatic rings. The standard InChI is InChI=1S/C27H25FN2O2/c1-2-3-4-15-5-7-16(8-6-15)18-11-12-20-19-10-9-17-13-22(27(31)32)23(29)14-21(17)25(19)30-26(20)24(18)28/h5-8,11-14,30H,2-4,9-10,29H2,1H3,(H,31,32). The van der Waals surface area contributed by atoms with E-state index < -0.39 is 5.97 Å². The van der Waals surface area contributed by atoms with Gasteiger partial charge in [0, 0.05) is 22.2 Å². The molecule has 1 aliphatic carbocycles. The van der Waals surface area contributed by atoms with Crippen LogP contribution in [0.5, 0.6) is 0 Å². The first-order chi connectivity index (χ1) is 15.5. The van der Waals surface area contributed by atoms with Gasteiger partial charge in [0.1, 0.15) is 0 Å². The van der Waals surface area contributed by atoms with Crippen LogP contribution in [0.25, 0.3) is 33.3 Å². The summed E-state index contributed by atoms with van der Waals surface area (Å²) in [5, 5.41) is 10.2. The monoisotopic (exact) mass is 428 g/mol. The number of rotatable bonds is 5. The lowest BCUT2D eigenvalue weighted by Crippen LogP contribution is -2.09. The van der Waals surface area contributed by atoms with E-state index in [-0.39, 0.29) is 17.1 Å². The van der Waals surface area contributed by atoms with Crippen LogP contribution < -0.4 is 5.73 Å². The van der Waals surface area contributed by atoms with Crippen LogP contribution in [-0.2, 0) is 19.3 Å². The summed E-state index contributed by atoms with van der Waals surface area (Å²) < 4.78 is 15.6. The second kappa shape index (κ2) is 7.83. The number of aryl methyl sites for hydroxylation is 3. The Labute approximate surface area is 185 Å². The number of H-pyrrole nitrogens is 1. The molecule has 3 aromatic carbocycles.